The van der Waals surface area contributed by atoms with Gasteiger partial charge in [0.05, 0.1) is 24.6 Å². The quantitative estimate of drug-likeness (QED) is 0.679. The second kappa shape index (κ2) is 8.12. The molecule has 0 radical (unpaired) electrons. The predicted octanol–water partition coefficient (Wildman–Crippen LogP) is 3.09. The number of primary amides is 1. The van der Waals surface area contributed by atoms with Crippen LogP contribution in [-0.4, -0.2) is 24.2 Å². The Kier molecular flexibility index (Phi) is 5.63. The van der Waals surface area contributed by atoms with E-state index >= 15 is 0 Å². The van der Waals surface area contributed by atoms with Gasteiger partial charge in [0.2, 0.25) is 5.91 Å². The molecule has 3 rings (SSSR count). The van der Waals surface area contributed by atoms with Gasteiger partial charge < -0.3 is 19.8 Å². The molecule has 0 aliphatic heterocycles. The van der Waals surface area contributed by atoms with Crippen molar-refractivity contribution in [2.45, 2.75) is 19.9 Å². The van der Waals surface area contributed by atoms with E-state index in [-0.39, 0.29) is 23.0 Å². The van der Waals surface area contributed by atoms with Crippen molar-refractivity contribution in [2.24, 2.45) is 5.73 Å². The van der Waals surface area contributed by atoms with E-state index in [2.05, 4.69) is 0 Å². The highest BCUT2D eigenvalue weighted by molar-refractivity contribution is 5.90. The van der Waals surface area contributed by atoms with Crippen molar-refractivity contribution in [3.05, 3.63) is 58.6 Å². The first kappa shape index (κ1) is 19.4. The van der Waals surface area contributed by atoms with E-state index in [0.717, 1.165) is 6.42 Å². The number of nitrogens with two attached hydrogens (primary N) is 1. The third-order valence-electron chi connectivity index (χ3n) is 4.32. The summed E-state index contributed by atoms with van der Waals surface area (Å²) in [6.45, 7) is 2.11. The highest BCUT2D eigenvalue weighted by Crippen LogP contribution is 2.29. The SMILES string of the molecule is CCCOc1ccc(F)c2c(=O)c(-c3ccc(OC)cc3)cn(CC(N)=O)c12. The molecule has 2 aromatic carbocycles. The molecule has 0 bridgehead atoms. The number of hydrogen-bond donors (Lipinski definition) is 1. The van der Waals surface area contributed by atoms with E-state index in [9.17, 15) is 14.0 Å². The van der Waals surface area contributed by atoms with Crippen molar-refractivity contribution in [1.82, 2.24) is 4.57 Å². The van der Waals surface area contributed by atoms with Crippen molar-refractivity contribution in [3.63, 3.8) is 0 Å². The summed E-state index contributed by atoms with van der Waals surface area (Å²) in [6.07, 6.45) is 2.25. The molecule has 0 spiro atoms. The maximum absolute atomic E-state index is 14.7. The molecular weight excluding hydrogens is 363 g/mol. The highest BCUT2D eigenvalue weighted by Gasteiger charge is 2.19. The molecule has 0 unspecified atom stereocenters. The van der Waals surface area contributed by atoms with Gasteiger partial charge in [0.15, 0.2) is 5.43 Å². The van der Waals surface area contributed by atoms with Gasteiger partial charge in [-0.1, -0.05) is 19.1 Å². The fourth-order valence-electron chi connectivity index (χ4n) is 3.06. The molecule has 3 aromatic rings. The fourth-order valence-corrected chi connectivity index (χ4v) is 3.06. The van der Waals surface area contributed by atoms with Crippen LogP contribution in [-0.2, 0) is 11.3 Å². The first-order valence-corrected chi connectivity index (χ1v) is 8.87. The van der Waals surface area contributed by atoms with Crippen LogP contribution in [0.1, 0.15) is 13.3 Å². The fraction of sp³-hybridized carbons (Fsp3) is 0.238. The van der Waals surface area contributed by atoms with Gasteiger partial charge in [-0.3, -0.25) is 9.59 Å². The van der Waals surface area contributed by atoms with Crippen molar-refractivity contribution in [1.29, 1.82) is 0 Å². The van der Waals surface area contributed by atoms with E-state index in [0.29, 0.717) is 23.7 Å². The Morgan fingerprint density at radius 3 is 2.50 bits per heavy atom. The monoisotopic (exact) mass is 384 g/mol. The van der Waals surface area contributed by atoms with E-state index in [1.807, 2.05) is 6.92 Å². The molecular formula is C21H21FN2O4. The Balaban J connectivity index is 2.32. The lowest BCUT2D eigenvalue weighted by Gasteiger charge is -2.16. The smallest absolute Gasteiger partial charge is 0.237 e. The third-order valence-corrected chi connectivity index (χ3v) is 4.32. The Morgan fingerprint density at radius 2 is 1.89 bits per heavy atom. The highest BCUT2D eigenvalue weighted by atomic mass is 19.1. The molecule has 1 amide bonds. The van der Waals surface area contributed by atoms with E-state index in [1.54, 1.807) is 24.3 Å². The summed E-state index contributed by atoms with van der Waals surface area (Å²) in [5, 5.41) is -0.136. The van der Waals surface area contributed by atoms with Gasteiger partial charge in [-0.15, -0.1) is 0 Å². The maximum atomic E-state index is 14.7. The van der Waals surface area contributed by atoms with Gasteiger partial charge in [0, 0.05) is 11.8 Å². The molecule has 6 nitrogen and oxygen atoms in total. The number of methoxy groups -OCH3 is 1. The number of aromatic nitrogens is 1. The Hall–Kier alpha value is -3.35. The van der Waals surface area contributed by atoms with Crippen LogP contribution in [0.2, 0.25) is 0 Å². The zero-order valence-electron chi connectivity index (χ0n) is 15.7. The number of pyridine rings is 1. The number of nitrogens with zero attached hydrogens (tertiary/aromatic N) is 1. The lowest BCUT2D eigenvalue weighted by Crippen LogP contribution is -2.22. The van der Waals surface area contributed by atoms with Gasteiger partial charge in [-0.25, -0.2) is 4.39 Å². The predicted molar refractivity (Wildman–Crippen MR) is 105 cm³/mol. The largest absolute Gasteiger partial charge is 0.497 e. The number of amides is 1. The minimum Gasteiger partial charge on any atom is -0.497 e. The average molecular weight is 384 g/mol. The summed E-state index contributed by atoms with van der Waals surface area (Å²) in [5.74, 6) is -0.338. The van der Waals surface area contributed by atoms with Gasteiger partial charge in [0.1, 0.15) is 23.9 Å². The molecule has 0 fully saturated rings. The molecule has 7 heteroatoms. The lowest BCUT2D eigenvalue weighted by molar-refractivity contribution is -0.118. The summed E-state index contributed by atoms with van der Waals surface area (Å²) >= 11 is 0. The van der Waals surface area contributed by atoms with Crippen LogP contribution in [0.4, 0.5) is 4.39 Å². The molecule has 0 aliphatic carbocycles. The number of halogens is 1. The second-order valence-corrected chi connectivity index (χ2v) is 6.31. The average Bonchev–Trinajstić information content (AvgIpc) is 2.69. The summed E-state index contributed by atoms with van der Waals surface area (Å²) in [4.78, 5) is 24.7. The van der Waals surface area contributed by atoms with Crippen molar-refractivity contribution in [3.8, 4) is 22.6 Å². The first-order chi connectivity index (χ1) is 13.5. The third kappa shape index (κ3) is 3.69. The minimum absolute atomic E-state index is 0.136. The molecule has 1 aromatic heterocycles. The van der Waals surface area contributed by atoms with Crippen LogP contribution in [0.5, 0.6) is 11.5 Å². The number of benzene rings is 2. The topological polar surface area (TPSA) is 83.6 Å². The minimum atomic E-state index is -0.683. The molecule has 146 valence electrons. The van der Waals surface area contributed by atoms with E-state index in [4.69, 9.17) is 15.2 Å². The van der Waals surface area contributed by atoms with E-state index < -0.39 is 17.2 Å². The zero-order valence-corrected chi connectivity index (χ0v) is 15.7. The van der Waals surface area contributed by atoms with Crippen LogP contribution in [0.25, 0.3) is 22.0 Å². The van der Waals surface area contributed by atoms with Crippen molar-refractivity contribution >= 4 is 16.8 Å². The molecule has 0 atom stereocenters. The normalized spacial score (nSPS) is 10.8. The number of fused-ring (bicyclic) bond motifs is 1. The lowest BCUT2D eigenvalue weighted by atomic mass is 10.0. The number of ether oxygens (including phenoxy) is 2. The second-order valence-electron chi connectivity index (χ2n) is 6.31. The van der Waals surface area contributed by atoms with Gasteiger partial charge in [0.25, 0.3) is 0 Å². The van der Waals surface area contributed by atoms with Crippen LogP contribution in [0.15, 0.2) is 47.4 Å². The van der Waals surface area contributed by atoms with Crippen molar-refractivity contribution in [2.75, 3.05) is 13.7 Å². The van der Waals surface area contributed by atoms with Crippen molar-refractivity contribution < 1.29 is 18.7 Å². The summed E-state index contributed by atoms with van der Waals surface area (Å²) in [6, 6.07) is 9.46. The molecule has 28 heavy (non-hydrogen) atoms. The van der Waals surface area contributed by atoms with E-state index in [1.165, 1.54) is 30.0 Å². The summed E-state index contributed by atoms with van der Waals surface area (Å²) in [7, 11) is 1.54. The summed E-state index contributed by atoms with van der Waals surface area (Å²) in [5.41, 5.74) is 5.94. The van der Waals surface area contributed by atoms with Crippen LogP contribution < -0.4 is 20.6 Å². The first-order valence-electron chi connectivity index (χ1n) is 8.87. The number of rotatable bonds is 7. The number of carbonyl (C=O) groups excluding carboxylic acids is 1. The molecule has 0 saturated heterocycles. The Labute approximate surface area is 161 Å². The molecule has 0 saturated carbocycles. The molecule has 0 aliphatic rings. The van der Waals surface area contributed by atoms with Crippen LogP contribution >= 0.6 is 0 Å². The number of hydrogen-bond acceptors (Lipinski definition) is 4. The van der Waals surface area contributed by atoms with Crippen LogP contribution in [0, 0.1) is 5.82 Å². The number of carbonyl (C=O) groups is 1. The molecule has 2 N–H and O–H groups in total. The van der Waals surface area contributed by atoms with Gasteiger partial charge in [-0.05, 0) is 36.2 Å². The maximum Gasteiger partial charge on any atom is 0.237 e. The summed E-state index contributed by atoms with van der Waals surface area (Å²) < 4.78 is 27.0. The standard InChI is InChI=1S/C21H21FN2O4/c1-3-10-28-17-9-8-16(22)19-20(17)24(12-18(23)25)11-15(21(19)26)13-4-6-14(27-2)7-5-13/h4-9,11H,3,10,12H2,1-2H3,(H2,23,25). The van der Waals surface area contributed by atoms with Crippen LogP contribution in [0.3, 0.4) is 0 Å². The zero-order chi connectivity index (χ0) is 20.3. The van der Waals surface area contributed by atoms with Gasteiger partial charge in [-0.2, -0.15) is 0 Å². The molecule has 1 heterocycles. The van der Waals surface area contributed by atoms with Gasteiger partial charge >= 0.3 is 0 Å². The Morgan fingerprint density at radius 1 is 1.18 bits per heavy atom. The Bertz CT molecular complexity index is 1070.